The monoisotopic (exact) mass is 347 g/mol. The van der Waals surface area contributed by atoms with Gasteiger partial charge < -0.3 is 15.5 Å². The van der Waals surface area contributed by atoms with Crippen LogP contribution in [-0.4, -0.2) is 64.9 Å². The number of fused-ring (bicyclic) bond motifs is 1. The van der Waals surface area contributed by atoms with Crippen LogP contribution in [0.5, 0.6) is 0 Å². The van der Waals surface area contributed by atoms with E-state index in [1.807, 2.05) is 11.7 Å². The number of hydrogen-bond donors (Lipinski definition) is 2. The fraction of sp³-hybridized carbons (Fsp3) is 0.833. The van der Waals surface area contributed by atoms with E-state index in [0.29, 0.717) is 6.04 Å². The molecule has 0 radical (unpaired) electrons. The van der Waals surface area contributed by atoms with Crippen molar-refractivity contribution in [3.63, 3.8) is 0 Å². The van der Waals surface area contributed by atoms with E-state index in [2.05, 4.69) is 30.6 Å². The number of nitrogens with one attached hydrogen (secondary N) is 2. The van der Waals surface area contributed by atoms with Crippen molar-refractivity contribution >= 4 is 5.96 Å². The number of piperidine rings is 1. The molecule has 1 atom stereocenters. The van der Waals surface area contributed by atoms with E-state index < -0.39 is 0 Å². The van der Waals surface area contributed by atoms with E-state index in [9.17, 15) is 0 Å². The Bertz CT molecular complexity index is 533. The lowest BCUT2D eigenvalue weighted by molar-refractivity contribution is 0.224. The second kappa shape index (κ2) is 9.75. The first-order valence-corrected chi connectivity index (χ1v) is 9.91. The van der Waals surface area contributed by atoms with Gasteiger partial charge in [0.2, 0.25) is 0 Å². The Morgan fingerprint density at radius 3 is 2.96 bits per heavy atom. The normalized spacial score (nSPS) is 21.8. The van der Waals surface area contributed by atoms with Crippen LogP contribution in [0.2, 0.25) is 0 Å². The number of unbranched alkanes of at least 4 members (excludes halogenated alkanes) is 2. The zero-order valence-corrected chi connectivity index (χ0v) is 15.6. The molecule has 0 aromatic carbocycles. The molecule has 0 bridgehead atoms. The van der Waals surface area contributed by atoms with E-state index in [4.69, 9.17) is 0 Å². The Morgan fingerprint density at radius 1 is 1.24 bits per heavy atom. The molecule has 0 spiro atoms. The van der Waals surface area contributed by atoms with E-state index >= 15 is 0 Å². The second-order valence-corrected chi connectivity index (χ2v) is 7.20. The molecule has 1 aromatic heterocycles. The molecule has 0 saturated carbocycles. The molecule has 0 aliphatic carbocycles. The highest BCUT2D eigenvalue weighted by atomic mass is 15.4. The van der Waals surface area contributed by atoms with E-state index in [1.165, 1.54) is 58.2 Å². The number of rotatable bonds is 7. The molecule has 2 aliphatic rings. The maximum atomic E-state index is 4.36. The summed E-state index contributed by atoms with van der Waals surface area (Å²) in [6.45, 7) is 5.75. The Hall–Kier alpha value is -1.63. The largest absolute Gasteiger partial charge is 0.356 e. The summed E-state index contributed by atoms with van der Waals surface area (Å²) >= 11 is 0. The van der Waals surface area contributed by atoms with Gasteiger partial charge in [-0.1, -0.05) is 12.8 Å². The van der Waals surface area contributed by atoms with Crippen LogP contribution in [0.25, 0.3) is 0 Å². The van der Waals surface area contributed by atoms with Crippen LogP contribution in [0, 0.1) is 0 Å². The Kier molecular flexibility index (Phi) is 7.09. The molecular formula is C18H33N7. The standard InChI is InChI=1S/C18H33N7/c1-19-18(23-16-8-9-17-21-15-22-25(17)14-16)20-10-4-2-5-11-24-12-6-3-7-13-24/h15-16H,2-14H2,1H3,(H2,19,20,23). The molecule has 3 heterocycles. The highest BCUT2D eigenvalue weighted by Crippen LogP contribution is 2.11. The van der Waals surface area contributed by atoms with Gasteiger partial charge in [0.15, 0.2) is 5.96 Å². The van der Waals surface area contributed by atoms with E-state index in [0.717, 1.165) is 37.7 Å². The lowest BCUT2D eigenvalue weighted by atomic mass is 10.1. The summed E-state index contributed by atoms with van der Waals surface area (Å²) in [5, 5.41) is 11.2. The minimum absolute atomic E-state index is 0.375. The zero-order chi connectivity index (χ0) is 17.3. The number of likely N-dealkylation sites (tertiary alicyclic amines) is 1. The van der Waals surface area contributed by atoms with E-state index in [1.54, 1.807) is 6.33 Å². The Labute approximate surface area is 151 Å². The van der Waals surface area contributed by atoms with Crippen LogP contribution in [0.3, 0.4) is 0 Å². The van der Waals surface area contributed by atoms with Crippen molar-refractivity contribution in [1.29, 1.82) is 0 Å². The fourth-order valence-corrected chi connectivity index (χ4v) is 3.77. The SMILES string of the molecule is CN=C(NCCCCCN1CCCCC1)NC1CCc2ncnn2C1. The molecule has 1 aromatic rings. The molecule has 1 fully saturated rings. The molecule has 2 N–H and O–H groups in total. The Balaban J connectivity index is 1.27. The lowest BCUT2D eigenvalue weighted by Crippen LogP contribution is -2.47. The quantitative estimate of drug-likeness (QED) is 0.443. The molecule has 7 nitrogen and oxygen atoms in total. The summed E-state index contributed by atoms with van der Waals surface area (Å²) in [6, 6.07) is 0.375. The summed E-state index contributed by atoms with van der Waals surface area (Å²) in [7, 11) is 1.84. The molecule has 25 heavy (non-hydrogen) atoms. The van der Waals surface area contributed by atoms with Gasteiger partial charge in [-0.25, -0.2) is 9.67 Å². The van der Waals surface area contributed by atoms with Crippen molar-refractivity contribution in [2.75, 3.05) is 33.2 Å². The highest BCUT2D eigenvalue weighted by molar-refractivity contribution is 5.79. The molecular weight excluding hydrogens is 314 g/mol. The number of aromatic nitrogens is 3. The van der Waals surface area contributed by atoms with Gasteiger partial charge in [0.05, 0.1) is 6.54 Å². The number of hydrogen-bond acceptors (Lipinski definition) is 4. The Morgan fingerprint density at radius 2 is 2.12 bits per heavy atom. The topological polar surface area (TPSA) is 70.4 Å². The summed E-state index contributed by atoms with van der Waals surface area (Å²) in [6.07, 6.45) is 11.7. The maximum Gasteiger partial charge on any atom is 0.191 e. The fourth-order valence-electron chi connectivity index (χ4n) is 3.77. The van der Waals surface area contributed by atoms with Crippen LogP contribution in [-0.2, 0) is 13.0 Å². The van der Waals surface area contributed by atoms with Crippen LogP contribution in [0.15, 0.2) is 11.3 Å². The third kappa shape index (κ3) is 5.70. The summed E-state index contributed by atoms with van der Waals surface area (Å²) < 4.78 is 2.00. The first kappa shape index (κ1) is 18.2. The van der Waals surface area contributed by atoms with Gasteiger partial charge in [0.25, 0.3) is 0 Å². The smallest absolute Gasteiger partial charge is 0.191 e. The van der Waals surface area contributed by atoms with Gasteiger partial charge in [-0.15, -0.1) is 0 Å². The zero-order valence-electron chi connectivity index (χ0n) is 15.6. The van der Waals surface area contributed by atoms with Crippen LogP contribution in [0.4, 0.5) is 0 Å². The highest BCUT2D eigenvalue weighted by Gasteiger charge is 2.20. The molecule has 2 aliphatic heterocycles. The average Bonchev–Trinajstić information content (AvgIpc) is 3.12. The van der Waals surface area contributed by atoms with Gasteiger partial charge in [0, 0.05) is 26.1 Å². The van der Waals surface area contributed by atoms with Crippen molar-refractivity contribution in [3.05, 3.63) is 12.2 Å². The third-order valence-corrected chi connectivity index (χ3v) is 5.26. The number of aryl methyl sites for hydroxylation is 1. The van der Waals surface area contributed by atoms with Crippen molar-refractivity contribution in [1.82, 2.24) is 30.3 Å². The van der Waals surface area contributed by atoms with Crippen LogP contribution < -0.4 is 10.6 Å². The lowest BCUT2D eigenvalue weighted by Gasteiger charge is -2.26. The van der Waals surface area contributed by atoms with E-state index in [-0.39, 0.29) is 0 Å². The van der Waals surface area contributed by atoms with Gasteiger partial charge in [-0.3, -0.25) is 4.99 Å². The van der Waals surface area contributed by atoms with Crippen LogP contribution in [0.1, 0.15) is 50.8 Å². The summed E-state index contributed by atoms with van der Waals surface area (Å²) in [4.78, 5) is 11.3. The van der Waals surface area contributed by atoms with Crippen molar-refractivity contribution < 1.29 is 0 Å². The first-order valence-electron chi connectivity index (χ1n) is 9.91. The predicted molar refractivity (Wildman–Crippen MR) is 101 cm³/mol. The van der Waals surface area contributed by atoms with Crippen LogP contribution >= 0.6 is 0 Å². The minimum Gasteiger partial charge on any atom is -0.356 e. The number of guanidine groups is 1. The summed E-state index contributed by atoms with van der Waals surface area (Å²) in [5.41, 5.74) is 0. The molecule has 1 saturated heterocycles. The number of nitrogens with zero attached hydrogens (tertiary/aromatic N) is 5. The molecule has 0 amide bonds. The van der Waals surface area contributed by atoms with Gasteiger partial charge in [0.1, 0.15) is 12.2 Å². The van der Waals surface area contributed by atoms with Gasteiger partial charge in [-0.05, 0) is 51.7 Å². The molecule has 1 unspecified atom stereocenters. The minimum atomic E-state index is 0.375. The second-order valence-electron chi connectivity index (χ2n) is 7.20. The third-order valence-electron chi connectivity index (χ3n) is 5.26. The summed E-state index contributed by atoms with van der Waals surface area (Å²) in [5.74, 6) is 2.00. The van der Waals surface area contributed by atoms with Crippen molar-refractivity contribution in [2.24, 2.45) is 4.99 Å². The van der Waals surface area contributed by atoms with Crippen molar-refractivity contribution in [3.8, 4) is 0 Å². The maximum absolute atomic E-state index is 4.36. The van der Waals surface area contributed by atoms with Crippen molar-refractivity contribution in [2.45, 2.75) is 64.0 Å². The predicted octanol–water partition coefficient (Wildman–Crippen LogP) is 1.41. The van der Waals surface area contributed by atoms with Gasteiger partial charge >= 0.3 is 0 Å². The molecule has 3 rings (SSSR count). The average molecular weight is 348 g/mol. The molecule has 7 heteroatoms. The molecule has 140 valence electrons. The van der Waals surface area contributed by atoms with Gasteiger partial charge in [-0.2, -0.15) is 5.10 Å². The first-order chi connectivity index (χ1) is 12.3. The number of aliphatic imine (C=N–C) groups is 1.